The Morgan fingerprint density at radius 2 is 1.12 bits per heavy atom. The van der Waals surface area contributed by atoms with Gasteiger partial charge in [-0.3, -0.25) is 0 Å². The largest absolute Gasteiger partial charge is 0.508 e. The average molecular weight is 352 g/mol. The molecule has 2 rings (SSSR count). The van der Waals surface area contributed by atoms with E-state index in [0.29, 0.717) is 5.56 Å². The number of piperazine rings is 1. The number of rotatable bonds is 3. The molecule has 0 amide bonds. The molecule has 0 aromatic heterocycles. The maximum absolute atomic E-state index is 10.2. The molecule has 1 aliphatic heterocycles. The van der Waals surface area contributed by atoms with Gasteiger partial charge in [-0.25, -0.2) is 0 Å². The van der Waals surface area contributed by atoms with Gasteiger partial charge >= 0.3 is 0 Å². The molecule has 0 spiro atoms. The minimum atomic E-state index is -0.697. The van der Waals surface area contributed by atoms with Crippen LogP contribution in [0.4, 0.5) is 0 Å². The molecule has 1 aromatic carbocycles. The third kappa shape index (κ3) is 6.24. The fourth-order valence-electron chi connectivity index (χ4n) is 3.05. The Balaban J connectivity index is 0.000000435. The molecular formula is C19H37N5O. The fraction of sp³-hybridized carbons (Fsp3) is 0.684. The second kappa shape index (κ2) is 8.01. The van der Waals surface area contributed by atoms with Crippen LogP contribution in [0, 0.1) is 0 Å². The topological polar surface area (TPSA) is 122 Å². The van der Waals surface area contributed by atoms with E-state index in [9.17, 15) is 5.11 Å². The molecule has 0 radical (unpaired) electrons. The Labute approximate surface area is 152 Å². The average Bonchev–Trinajstić information content (AvgIpc) is 2.46. The predicted molar refractivity (Wildman–Crippen MR) is 105 cm³/mol. The molecule has 1 saturated heterocycles. The highest BCUT2D eigenvalue weighted by molar-refractivity contribution is 5.52. The number of nitrogens with one attached hydrogen (secondary N) is 2. The van der Waals surface area contributed by atoms with E-state index in [1.165, 1.54) is 0 Å². The standard InChI is InChI=1S/C15H27N3O.C4H10N2/c1-13(2,16)9-7-8-10(19)12(15(5,6)18)11(9)14(3,4)17;1-2-6-4-3-5-1/h7-8,19H,16-18H2,1-6H3;5-6H,1-4H2. The lowest BCUT2D eigenvalue weighted by Crippen LogP contribution is -2.41. The first-order valence-corrected chi connectivity index (χ1v) is 8.91. The van der Waals surface area contributed by atoms with Crippen molar-refractivity contribution in [3.05, 3.63) is 28.8 Å². The summed E-state index contributed by atoms with van der Waals surface area (Å²) < 4.78 is 0. The maximum Gasteiger partial charge on any atom is 0.120 e. The van der Waals surface area contributed by atoms with E-state index in [1.807, 2.05) is 47.6 Å². The molecule has 0 unspecified atom stereocenters. The normalized spacial score (nSPS) is 16.2. The van der Waals surface area contributed by atoms with Crippen molar-refractivity contribution in [3.63, 3.8) is 0 Å². The molecule has 0 atom stereocenters. The monoisotopic (exact) mass is 351 g/mol. The summed E-state index contributed by atoms with van der Waals surface area (Å²) in [6, 6.07) is 3.47. The second-order valence-electron chi connectivity index (χ2n) is 8.55. The van der Waals surface area contributed by atoms with E-state index in [-0.39, 0.29) is 5.75 Å². The smallest absolute Gasteiger partial charge is 0.120 e. The van der Waals surface area contributed by atoms with Crippen molar-refractivity contribution in [3.8, 4) is 5.75 Å². The zero-order valence-corrected chi connectivity index (χ0v) is 16.7. The third-order valence-corrected chi connectivity index (χ3v) is 4.12. The molecule has 0 aliphatic carbocycles. The van der Waals surface area contributed by atoms with Crippen LogP contribution >= 0.6 is 0 Å². The zero-order valence-electron chi connectivity index (χ0n) is 16.7. The van der Waals surface area contributed by atoms with Crippen LogP contribution < -0.4 is 27.8 Å². The zero-order chi connectivity index (χ0) is 19.5. The van der Waals surface area contributed by atoms with Gasteiger partial charge in [-0.15, -0.1) is 0 Å². The number of hydrogen-bond donors (Lipinski definition) is 6. The van der Waals surface area contributed by atoms with Crippen LogP contribution in [-0.2, 0) is 16.6 Å². The van der Waals surface area contributed by atoms with Gasteiger partial charge in [0.05, 0.1) is 0 Å². The lowest BCUT2D eigenvalue weighted by atomic mass is 9.75. The van der Waals surface area contributed by atoms with E-state index in [4.69, 9.17) is 17.2 Å². The summed E-state index contributed by atoms with van der Waals surface area (Å²) >= 11 is 0. The minimum absolute atomic E-state index is 0.161. The lowest BCUT2D eigenvalue weighted by Gasteiger charge is -2.36. The Morgan fingerprint density at radius 1 is 0.720 bits per heavy atom. The summed E-state index contributed by atoms with van der Waals surface area (Å²) in [6.45, 7) is 15.9. The number of phenolic OH excluding ortho intramolecular Hbond substituents is 1. The lowest BCUT2D eigenvalue weighted by molar-refractivity contribution is 0.416. The van der Waals surface area contributed by atoms with Crippen molar-refractivity contribution in [1.82, 2.24) is 10.6 Å². The SMILES string of the molecule is C1CNCCN1.CC(C)(N)c1ccc(O)c(C(C)(C)N)c1C(C)(C)N. The van der Waals surface area contributed by atoms with Crippen LogP contribution in [0.2, 0.25) is 0 Å². The molecule has 0 bridgehead atoms. The second-order valence-corrected chi connectivity index (χ2v) is 8.55. The summed E-state index contributed by atoms with van der Waals surface area (Å²) in [5, 5.41) is 16.6. The van der Waals surface area contributed by atoms with Gasteiger partial charge in [-0.1, -0.05) is 6.07 Å². The molecule has 1 heterocycles. The maximum atomic E-state index is 10.2. The molecule has 1 aromatic rings. The van der Waals surface area contributed by atoms with Gasteiger partial charge in [-0.05, 0) is 58.7 Å². The number of aromatic hydroxyl groups is 1. The van der Waals surface area contributed by atoms with Gasteiger partial charge in [0.2, 0.25) is 0 Å². The van der Waals surface area contributed by atoms with Gasteiger partial charge in [-0.2, -0.15) is 0 Å². The number of benzene rings is 1. The number of phenols is 1. The Morgan fingerprint density at radius 3 is 1.40 bits per heavy atom. The van der Waals surface area contributed by atoms with Crippen molar-refractivity contribution in [2.75, 3.05) is 26.2 Å². The number of nitrogens with two attached hydrogens (primary N) is 3. The highest BCUT2D eigenvalue weighted by Gasteiger charge is 2.34. The highest BCUT2D eigenvalue weighted by atomic mass is 16.3. The Kier molecular flexibility index (Phi) is 7.01. The summed E-state index contributed by atoms with van der Waals surface area (Å²) in [5.74, 6) is 0.161. The fourth-order valence-corrected chi connectivity index (χ4v) is 3.05. The summed E-state index contributed by atoms with van der Waals surface area (Å²) in [5.41, 5.74) is 19.3. The summed E-state index contributed by atoms with van der Waals surface area (Å²) in [7, 11) is 0. The van der Waals surface area contributed by atoms with Crippen molar-refractivity contribution in [2.24, 2.45) is 17.2 Å². The van der Waals surface area contributed by atoms with Crippen LogP contribution in [0.25, 0.3) is 0 Å². The minimum Gasteiger partial charge on any atom is -0.508 e. The van der Waals surface area contributed by atoms with Gasteiger partial charge in [0.15, 0.2) is 0 Å². The van der Waals surface area contributed by atoms with Gasteiger partial charge in [0, 0.05) is 48.4 Å². The van der Waals surface area contributed by atoms with Crippen LogP contribution in [0.1, 0.15) is 58.2 Å². The van der Waals surface area contributed by atoms with Crippen LogP contribution in [0.15, 0.2) is 12.1 Å². The van der Waals surface area contributed by atoms with Gasteiger partial charge < -0.3 is 32.9 Å². The Bertz CT molecular complexity index is 549. The van der Waals surface area contributed by atoms with Gasteiger partial charge in [0.1, 0.15) is 5.75 Å². The van der Waals surface area contributed by atoms with Crippen molar-refractivity contribution in [2.45, 2.75) is 58.2 Å². The van der Waals surface area contributed by atoms with E-state index in [2.05, 4.69) is 10.6 Å². The van der Waals surface area contributed by atoms with Crippen LogP contribution in [-0.4, -0.2) is 31.3 Å². The van der Waals surface area contributed by atoms with Crippen LogP contribution in [0.5, 0.6) is 5.75 Å². The summed E-state index contributed by atoms with van der Waals surface area (Å²) in [4.78, 5) is 0. The van der Waals surface area contributed by atoms with Crippen molar-refractivity contribution >= 4 is 0 Å². The third-order valence-electron chi connectivity index (χ3n) is 4.12. The molecule has 144 valence electrons. The molecule has 0 saturated carbocycles. The molecular weight excluding hydrogens is 314 g/mol. The first-order valence-electron chi connectivity index (χ1n) is 8.91. The quantitative estimate of drug-likeness (QED) is 0.486. The van der Waals surface area contributed by atoms with Gasteiger partial charge in [0.25, 0.3) is 0 Å². The predicted octanol–water partition coefficient (Wildman–Crippen LogP) is 1.15. The van der Waals surface area contributed by atoms with E-state index in [0.717, 1.165) is 37.3 Å². The van der Waals surface area contributed by atoms with E-state index < -0.39 is 16.6 Å². The number of hydrogen-bond acceptors (Lipinski definition) is 6. The first kappa shape index (κ1) is 21.9. The van der Waals surface area contributed by atoms with E-state index in [1.54, 1.807) is 6.07 Å². The Hall–Kier alpha value is -1.18. The van der Waals surface area contributed by atoms with Crippen molar-refractivity contribution in [1.29, 1.82) is 0 Å². The van der Waals surface area contributed by atoms with Crippen molar-refractivity contribution < 1.29 is 5.11 Å². The molecule has 1 fully saturated rings. The molecule has 6 heteroatoms. The van der Waals surface area contributed by atoms with E-state index >= 15 is 0 Å². The highest BCUT2D eigenvalue weighted by Crippen LogP contribution is 2.40. The molecule has 6 nitrogen and oxygen atoms in total. The molecule has 25 heavy (non-hydrogen) atoms. The van der Waals surface area contributed by atoms with Crippen LogP contribution in [0.3, 0.4) is 0 Å². The summed E-state index contributed by atoms with van der Waals surface area (Å²) in [6.07, 6.45) is 0. The molecule has 1 aliphatic rings. The molecule has 9 N–H and O–H groups in total. The first-order chi connectivity index (χ1) is 11.3.